The molecule has 0 bridgehead atoms. The topological polar surface area (TPSA) is 64.4 Å². The lowest BCUT2D eigenvalue weighted by molar-refractivity contribution is 0.151. The Bertz CT molecular complexity index is 1040. The van der Waals surface area contributed by atoms with Gasteiger partial charge in [-0.25, -0.2) is 12.8 Å². The average molecular weight is 428 g/mol. The summed E-state index contributed by atoms with van der Waals surface area (Å²) in [6.45, 7) is 2.77. The Morgan fingerprint density at radius 3 is 2.47 bits per heavy atom. The van der Waals surface area contributed by atoms with E-state index in [1.165, 1.54) is 18.2 Å². The first-order valence-electron chi connectivity index (χ1n) is 10.4. The van der Waals surface area contributed by atoms with Gasteiger partial charge in [0.15, 0.2) is 0 Å². The average Bonchev–Trinajstić information content (AvgIpc) is 3.57. The van der Waals surface area contributed by atoms with E-state index in [9.17, 15) is 12.8 Å². The summed E-state index contributed by atoms with van der Waals surface area (Å²) < 4.78 is 42.5. The molecule has 4 rings (SSSR count). The molecule has 2 aromatic rings. The fourth-order valence-electron chi connectivity index (χ4n) is 4.14. The number of likely N-dealkylation sites (tertiary alicyclic amines) is 1. The van der Waals surface area contributed by atoms with Crippen LogP contribution in [0.2, 0.25) is 0 Å². The van der Waals surface area contributed by atoms with Crippen molar-refractivity contribution in [3.63, 3.8) is 0 Å². The fourth-order valence-corrected chi connectivity index (χ4v) is 5.97. The molecule has 1 aliphatic heterocycles. The van der Waals surface area contributed by atoms with Crippen LogP contribution in [0.15, 0.2) is 53.4 Å². The van der Waals surface area contributed by atoms with Crippen molar-refractivity contribution < 1.29 is 12.8 Å². The molecular formula is C23H26FN3O2S. The van der Waals surface area contributed by atoms with E-state index < -0.39 is 15.8 Å². The van der Waals surface area contributed by atoms with Crippen LogP contribution in [0.4, 0.5) is 4.39 Å². The molecule has 2 aromatic carbocycles. The molecule has 0 aromatic heterocycles. The van der Waals surface area contributed by atoms with E-state index in [4.69, 9.17) is 5.26 Å². The van der Waals surface area contributed by atoms with Gasteiger partial charge in [-0.05, 0) is 61.4 Å². The van der Waals surface area contributed by atoms with Gasteiger partial charge in [-0.15, -0.1) is 0 Å². The first-order chi connectivity index (χ1) is 14.5. The third-order valence-corrected chi connectivity index (χ3v) is 7.94. The van der Waals surface area contributed by atoms with Crippen LogP contribution in [0.5, 0.6) is 0 Å². The lowest BCUT2D eigenvalue weighted by Crippen LogP contribution is -2.48. The maximum Gasteiger partial charge on any atom is 0.246 e. The van der Waals surface area contributed by atoms with Gasteiger partial charge in [0.05, 0.1) is 11.6 Å². The van der Waals surface area contributed by atoms with Crippen molar-refractivity contribution in [1.82, 2.24) is 9.21 Å². The van der Waals surface area contributed by atoms with Crippen molar-refractivity contribution in [3.8, 4) is 6.07 Å². The van der Waals surface area contributed by atoms with Gasteiger partial charge in [-0.3, -0.25) is 4.90 Å². The van der Waals surface area contributed by atoms with E-state index in [1.54, 1.807) is 16.4 Å². The Morgan fingerprint density at radius 2 is 1.80 bits per heavy atom. The highest BCUT2D eigenvalue weighted by Gasteiger charge is 2.38. The number of hydrogen-bond acceptors (Lipinski definition) is 4. The maximum absolute atomic E-state index is 14.3. The molecule has 2 aliphatic rings. The second kappa shape index (κ2) is 8.84. The molecular weight excluding hydrogens is 401 g/mol. The molecule has 7 heteroatoms. The van der Waals surface area contributed by atoms with Crippen molar-refractivity contribution in [2.45, 2.75) is 43.2 Å². The van der Waals surface area contributed by atoms with Crippen molar-refractivity contribution >= 4 is 10.0 Å². The fraction of sp³-hybridized carbons (Fsp3) is 0.435. The Hall–Kier alpha value is -2.27. The molecule has 1 saturated heterocycles. The van der Waals surface area contributed by atoms with Gasteiger partial charge >= 0.3 is 0 Å². The van der Waals surface area contributed by atoms with E-state index in [0.29, 0.717) is 18.0 Å². The first kappa shape index (κ1) is 21.0. The smallest absolute Gasteiger partial charge is 0.246 e. The zero-order chi connectivity index (χ0) is 21.1. The molecule has 0 atom stereocenters. The van der Waals surface area contributed by atoms with E-state index in [2.05, 4.69) is 11.0 Å². The molecule has 0 amide bonds. The highest BCUT2D eigenvalue weighted by Crippen LogP contribution is 2.35. The number of nitriles is 1. The number of piperidine rings is 1. The molecule has 0 unspecified atom stereocenters. The Kier molecular flexibility index (Phi) is 6.19. The summed E-state index contributed by atoms with van der Waals surface area (Å²) in [4.78, 5) is 2.07. The van der Waals surface area contributed by atoms with Gasteiger partial charge in [0.1, 0.15) is 10.7 Å². The van der Waals surface area contributed by atoms with E-state index >= 15 is 0 Å². The number of nitrogens with zero attached hydrogens (tertiary/aromatic N) is 3. The number of halogens is 1. The normalized spacial score (nSPS) is 18.4. The zero-order valence-electron chi connectivity index (χ0n) is 16.9. The minimum absolute atomic E-state index is 0.114. The van der Waals surface area contributed by atoms with Crippen molar-refractivity contribution in [2.75, 3.05) is 19.6 Å². The predicted octanol–water partition coefficient (Wildman–Crippen LogP) is 3.76. The lowest BCUT2D eigenvalue weighted by Gasteiger charge is -2.38. The summed E-state index contributed by atoms with van der Waals surface area (Å²) in [5.41, 5.74) is 1.73. The van der Waals surface area contributed by atoms with Crippen LogP contribution >= 0.6 is 0 Å². The molecule has 30 heavy (non-hydrogen) atoms. The standard InChI is InChI=1S/C23H26FN3O2S/c24-22-6-1-2-7-23(22)30(28,29)27(17-18-8-9-18)21-10-12-26(13-11-21)16-20-5-3-4-19(14-20)15-25/h1-7,14,18,21H,8-13,16-17H2. The summed E-state index contributed by atoms with van der Waals surface area (Å²) in [5.74, 6) is -0.300. The zero-order valence-corrected chi connectivity index (χ0v) is 17.7. The summed E-state index contributed by atoms with van der Waals surface area (Å²) in [6.07, 6.45) is 3.52. The Morgan fingerprint density at radius 1 is 1.07 bits per heavy atom. The minimum atomic E-state index is -3.87. The van der Waals surface area contributed by atoms with Gasteiger partial charge in [-0.1, -0.05) is 24.3 Å². The minimum Gasteiger partial charge on any atom is -0.299 e. The quantitative estimate of drug-likeness (QED) is 0.675. The van der Waals surface area contributed by atoms with Crippen LogP contribution in [0.3, 0.4) is 0 Å². The number of rotatable bonds is 7. The van der Waals surface area contributed by atoms with E-state index in [-0.39, 0.29) is 10.9 Å². The maximum atomic E-state index is 14.3. The van der Waals surface area contributed by atoms with Gasteiger partial charge in [-0.2, -0.15) is 9.57 Å². The number of sulfonamides is 1. The number of hydrogen-bond donors (Lipinski definition) is 0. The molecule has 1 saturated carbocycles. The van der Waals surface area contributed by atoms with Crippen LogP contribution in [0, 0.1) is 23.1 Å². The molecule has 2 fully saturated rings. The van der Waals surface area contributed by atoms with Crippen LogP contribution in [0.1, 0.15) is 36.8 Å². The SMILES string of the molecule is N#Cc1cccc(CN2CCC(N(CC3CC3)S(=O)(=O)c3ccccc3F)CC2)c1. The second-order valence-corrected chi connectivity index (χ2v) is 10.1. The Labute approximate surface area is 177 Å². The highest BCUT2D eigenvalue weighted by atomic mass is 32.2. The van der Waals surface area contributed by atoms with Crippen molar-refractivity contribution in [1.29, 1.82) is 5.26 Å². The van der Waals surface area contributed by atoms with Gasteiger partial charge < -0.3 is 0 Å². The van der Waals surface area contributed by atoms with Gasteiger partial charge in [0.25, 0.3) is 0 Å². The summed E-state index contributed by atoms with van der Waals surface area (Å²) in [7, 11) is -3.87. The molecule has 0 spiro atoms. The monoisotopic (exact) mass is 427 g/mol. The lowest BCUT2D eigenvalue weighted by atomic mass is 10.0. The van der Waals surface area contributed by atoms with Crippen LogP contribution < -0.4 is 0 Å². The van der Waals surface area contributed by atoms with E-state index in [1.807, 2.05) is 18.2 Å². The van der Waals surface area contributed by atoms with Crippen molar-refractivity contribution in [3.05, 3.63) is 65.5 Å². The second-order valence-electron chi connectivity index (χ2n) is 8.27. The van der Waals surface area contributed by atoms with Gasteiger partial charge in [0.2, 0.25) is 10.0 Å². The first-order valence-corrected chi connectivity index (χ1v) is 11.9. The van der Waals surface area contributed by atoms with Crippen LogP contribution in [-0.4, -0.2) is 43.3 Å². The highest BCUT2D eigenvalue weighted by molar-refractivity contribution is 7.89. The third-order valence-electron chi connectivity index (χ3n) is 5.98. The largest absolute Gasteiger partial charge is 0.299 e. The molecule has 158 valence electrons. The summed E-state index contributed by atoms with van der Waals surface area (Å²) >= 11 is 0. The summed E-state index contributed by atoms with van der Waals surface area (Å²) in [5, 5.41) is 9.08. The van der Waals surface area contributed by atoms with E-state index in [0.717, 1.165) is 50.9 Å². The predicted molar refractivity (Wildman–Crippen MR) is 112 cm³/mol. The molecule has 0 N–H and O–H groups in total. The molecule has 5 nitrogen and oxygen atoms in total. The van der Waals surface area contributed by atoms with Gasteiger partial charge in [0, 0.05) is 32.2 Å². The summed E-state index contributed by atoms with van der Waals surface area (Å²) in [6, 6.07) is 15.3. The van der Waals surface area contributed by atoms with Crippen LogP contribution in [0.25, 0.3) is 0 Å². The molecule has 0 radical (unpaired) electrons. The number of benzene rings is 2. The third kappa shape index (κ3) is 4.72. The Balaban J connectivity index is 1.46. The van der Waals surface area contributed by atoms with Crippen molar-refractivity contribution in [2.24, 2.45) is 5.92 Å². The van der Waals surface area contributed by atoms with Crippen LogP contribution in [-0.2, 0) is 16.6 Å². The molecule has 1 heterocycles. The molecule has 1 aliphatic carbocycles.